The zero-order valence-electron chi connectivity index (χ0n) is 17.8. The molecule has 3 aromatic carbocycles. The van der Waals surface area contributed by atoms with Crippen LogP contribution in [0.5, 0.6) is 11.5 Å². The summed E-state index contributed by atoms with van der Waals surface area (Å²) in [7, 11) is 3.10. The Kier molecular flexibility index (Phi) is 6.98. The minimum absolute atomic E-state index is 0.142. The van der Waals surface area contributed by atoms with E-state index in [-0.39, 0.29) is 5.91 Å². The standard InChI is InChI=1S/C24H20ClN3O3S2/c1-30-20-13-21(31-2)19(12-16(20)25)28-24(32)27-18-10-9-17(14-6-3-4-7-15(14)18)26-23(29)22-8-5-11-33-22/h3-13H,1-2H3,(H,26,29)(H2,27,28,32). The van der Waals surface area contributed by atoms with Crippen molar-refractivity contribution >= 4 is 74.0 Å². The third kappa shape index (κ3) is 5.03. The van der Waals surface area contributed by atoms with Crippen molar-refractivity contribution in [3.8, 4) is 11.5 Å². The number of rotatable bonds is 6. The highest BCUT2D eigenvalue weighted by Gasteiger charge is 2.14. The summed E-state index contributed by atoms with van der Waals surface area (Å²) >= 11 is 13.2. The van der Waals surface area contributed by atoms with E-state index in [0.717, 1.165) is 22.1 Å². The Labute approximate surface area is 205 Å². The average molecular weight is 498 g/mol. The van der Waals surface area contributed by atoms with Gasteiger partial charge in [-0.1, -0.05) is 41.9 Å². The minimum Gasteiger partial charge on any atom is -0.495 e. The molecule has 1 amide bonds. The molecule has 168 valence electrons. The first kappa shape index (κ1) is 22.8. The van der Waals surface area contributed by atoms with Gasteiger partial charge < -0.3 is 25.4 Å². The molecule has 1 aromatic heterocycles. The van der Waals surface area contributed by atoms with Crippen LogP contribution in [0.3, 0.4) is 0 Å². The van der Waals surface area contributed by atoms with Gasteiger partial charge in [0.25, 0.3) is 5.91 Å². The molecule has 0 spiro atoms. The Morgan fingerprint density at radius 2 is 1.48 bits per heavy atom. The van der Waals surface area contributed by atoms with Gasteiger partial charge in [0.1, 0.15) is 11.5 Å². The third-order valence-electron chi connectivity index (χ3n) is 4.89. The molecule has 0 bridgehead atoms. The van der Waals surface area contributed by atoms with E-state index in [1.165, 1.54) is 18.4 Å². The van der Waals surface area contributed by atoms with Crippen molar-refractivity contribution in [2.75, 3.05) is 30.2 Å². The normalized spacial score (nSPS) is 10.5. The molecule has 0 saturated heterocycles. The number of carbonyl (C=O) groups excluding carboxylic acids is 1. The average Bonchev–Trinajstić information content (AvgIpc) is 3.36. The Hall–Kier alpha value is -3.33. The first-order valence-electron chi connectivity index (χ1n) is 9.86. The Morgan fingerprint density at radius 3 is 2.09 bits per heavy atom. The number of thiocarbonyl (C=S) groups is 1. The summed E-state index contributed by atoms with van der Waals surface area (Å²) in [6.45, 7) is 0. The van der Waals surface area contributed by atoms with E-state index >= 15 is 0 Å². The largest absolute Gasteiger partial charge is 0.495 e. The van der Waals surface area contributed by atoms with E-state index in [1.807, 2.05) is 47.8 Å². The van der Waals surface area contributed by atoms with Crippen LogP contribution in [0.1, 0.15) is 9.67 Å². The Bertz CT molecular complexity index is 1330. The van der Waals surface area contributed by atoms with Crippen molar-refractivity contribution < 1.29 is 14.3 Å². The number of nitrogens with one attached hydrogen (secondary N) is 3. The quantitative estimate of drug-likeness (QED) is 0.259. The molecule has 0 radical (unpaired) electrons. The first-order chi connectivity index (χ1) is 16.0. The number of anilines is 3. The van der Waals surface area contributed by atoms with E-state index in [4.69, 9.17) is 33.3 Å². The minimum atomic E-state index is -0.142. The summed E-state index contributed by atoms with van der Waals surface area (Å²) in [5.74, 6) is 0.901. The van der Waals surface area contributed by atoms with Crippen molar-refractivity contribution in [3.63, 3.8) is 0 Å². The molecule has 0 unspecified atom stereocenters. The van der Waals surface area contributed by atoms with Gasteiger partial charge in [-0.3, -0.25) is 4.79 Å². The van der Waals surface area contributed by atoms with E-state index in [9.17, 15) is 4.79 Å². The molecular weight excluding hydrogens is 478 g/mol. The zero-order valence-corrected chi connectivity index (χ0v) is 20.2. The number of hydrogen-bond donors (Lipinski definition) is 3. The number of thiophene rings is 1. The van der Waals surface area contributed by atoms with Crippen molar-refractivity contribution in [1.29, 1.82) is 0 Å². The lowest BCUT2D eigenvalue weighted by atomic mass is 10.1. The molecule has 4 aromatic rings. The van der Waals surface area contributed by atoms with Gasteiger partial charge in [0, 0.05) is 28.2 Å². The molecular formula is C24H20ClN3O3S2. The molecule has 0 saturated carbocycles. The third-order valence-corrected chi connectivity index (χ3v) is 6.26. The van der Waals surface area contributed by atoms with Gasteiger partial charge in [-0.05, 0) is 41.9 Å². The highest BCUT2D eigenvalue weighted by atomic mass is 35.5. The van der Waals surface area contributed by atoms with Crippen molar-refractivity contribution in [2.24, 2.45) is 0 Å². The summed E-state index contributed by atoms with van der Waals surface area (Å²) in [4.78, 5) is 13.2. The second-order valence-electron chi connectivity index (χ2n) is 6.90. The fourth-order valence-electron chi connectivity index (χ4n) is 3.34. The summed E-state index contributed by atoms with van der Waals surface area (Å²) in [5, 5.41) is 13.8. The molecule has 6 nitrogen and oxygen atoms in total. The number of fused-ring (bicyclic) bond motifs is 1. The number of methoxy groups -OCH3 is 2. The van der Waals surface area contributed by atoms with Crippen molar-refractivity contribution in [1.82, 2.24) is 0 Å². The lowest BCUT2D eigenvalue weighted by molar-refractivity contribution is 0.103. The van der Waals surface area contributed by atoms with Gasteiger partial charge in [0.15, 0.2) is 5.11 Å². The van der Waals surface area contributed by atoms with Crippen LogP contribution in [-0.4, -0.2) is 25.2 Å². The molecule has 33 heavy (non-hydrogen) atoms. The van der Waals surface area contributed by atoms with Crippen LogP contribution < -0.4 is 25.4 Å². The van der Waals surface area contributed by atoms with Gasteiger partial charge >= 0.3 is 0 Å². The van der Waals surface area contributed by atoms with Crippen LogP contribution in [-0.2, 0) is 0 Å². The zero-order chi connectivity index (χ0) is 23.4. The number of amides is 1. The molecule has 0 aliphatic carbocycles. The summed E-state index contributed by atoms with van der Waals surface area (Å²) in [6, 6.07) is 18.5. The number of hydrogen-bond acceptors (Lipinski definition) is 5. The molecule has 0 aliphatic rings. The van der Waals surface area contributed by atoms with Crippen LogP contribution in [0.2, 0.25) is 5.02 Å². The van der Waals surface area contributed by atoms with E-state index in [0.29, 0.717) is 32.2 Å². The van der Waals surface area contributed by atoms with E-state index < -0.39 is 0 Å². The summed E-state index contributed by atoms with van der Waals surface area (Å²) in [6.07, 6.45) is 0. The van der Waals surface area contributed by atoms with Crippen LogP contribution in [0.15, 0.2) is 66.0 Å². The second-order valence-corrected chi connectivity index (χ2v) is 8.67. The number of halogens is 1. The maximum Gasteiger partial charge on any atom is 0.265 e. The molecule has 0 atom stereocenters. The smallest absolute Gasteiger partial charge is 0.265 e. The lowest BCUT2D eigenvalue weighted by Crippen LogP contribution is -2.20. The molecule has 0 fully saturated rings. The summed E-state index contributed by atoms with van der Waals surface area (Å²) in [5.41, 5.74) is 2.11. The van der Waals surface area contributed by atoms with Crippen LogP contribution in [0.4, 0.5) is 17.1 Å². The van der Waals surface area contributed by atoms with Crippen LogP contribution in [0, 0.1) is 0 Å². The van der Waals surface area contributed by atoms with Gasteiger partial charge in [-0.2, -0.15) is 0 Å². The van der Waals surface area contributed by atoms with E-state index in [1.54, 1.807) is 25.3 Å². The van der Waals surface area contributed by atoms with Crippen LogP contribution in [0.25, 0.3) is 10.8 Å². The first-order valence-corrected chi connectivity index (χ1v) is 11.5. The molecule has 0 aliphatic heterocycles. The SMILES string of the molecule is COc1cc(OC)c(NC(=S)Nc2ccc(NC(=O)c3cccs3)c3ccccc23)cc1Cl. The van der Waals surface area contributed by atoms with Crippen LogP contribution >= 0.6 is 35.2 Å². The highest BCUT2D eigenvalue weighted by molar-refractivity contribution is 7.80. The molecule has 1 heterocycles. The lowest BCUT2D eigenvalue weighted by Gasteiger charge is -2.17. The summed E-state index contributed by atoms with van der Waals surface area (Å²) < 4.78 is 10.7. The van der Waals surface area contributed by atoms with Gasteiger partial charge in [0.2, 0.25) is 0 Å². The predicted molar refractivity (Wildman–Crippen MR) is 141 cm³/mol. The maximum absolute atomic E-state index is 12.5. The molecule has 9 heteroatoms. The predicted octanol–water partition coefficient (Wildman–Crippen LogP) is 6.63. The highest BCUT2D eigenvalue weighted by Crippen LogP contribution is 2.36. The van der Waals surface area contributed by atoms with Crippen molar-refractivity contribution in [3.05, 3.63) is 75.9 Å². The van der Waals surface area contributed by atoms with Gasteiger partial charge in [-0.15, -0.1) is 11.3 Å². The fourth-order valence-corrected chi connectivity index (χ4v) is 4.42. The molecule has 3 N–H and O–H groups in total. The number of benzene rings is 3. The fraction of sp³-hybridized carbons (Fsp3) is 0.0833. The second kappa shape index (κ2) is 10.1. The maximum atomic E-state index is 12.5. The Balaban J connectivity index is 1.58. The topological polar surface area (TPSA) is 71.6 Å². The van der Waals surface area contributed by atoms with Gasteiger partial charge in [0.05, 0.1) is 29.8 Å². The monoisotopic (exact) mass is 497 g/mol. The number of ether oxygens (including phenoxy) is 2. The Morgan fingerprint density at radius 1 is 0.848 bits per heavy atom. The van der Waals surface area contributed by atoms with Crippen molar-refractivity contribution in [2.45, 2.75) is 0 Å². The number of carbonyl (C=O) groups is 1. The van der Waals surface area contributed by atoms with Gasteiger partial charge in [-0.25, -0.2) is 0 Å². The van der Waals surface area contributed by atoms with E-state index in [2.05, 4.69) is 16.0 Å². The molecule has 4 rings (SSSR count).